The molecule has 27 heavy (non-hydrogen) atoms. The molecule has 0 amide bonds. The summed E-state index contributed by atoms with van der Waals surface area (Å²) in [6.07, 6.45) is 12.9. The summed E-state index contributed by atoms with van der Waals surface area (Å²) < 4.78 is 0. The summed E-state index contributed by atoms with van der Waals surface area (Å²) in [5, 5.41) is 10.9. The summed E-state index contributed by atoms with van der Waals surface area (Å²) in [5.74, 6) is 1.53. The normalized spacial score (nSPS) is 13.9. The maximum atomic E-state index is 10.9. The molecule has 0 aromatic heterocycles. The van der Waals surface area contributed by atoms with Crippen molar-refractivity contribution in [2.45, 2.75) is 110 Å². The molecule has 1 aromatic rings. The van der Waals surface area contributed by atoms with Gasteiger partial charge < -0.3 is 10.0 Å². The van der Waals surface area contributed by atoms with Crippen LogP contribution in [0.15, 0.2) is 12.1 Å². The number of nitrogens with zero attached hydrogens (tertiary/aromatic N) is 1. The van der Waals surface area contributed by atoms with Crippen LogP contribution in [0.5, 0.6) is 5.75 Å². The van der Waals surface area contributed by atoms with Crippen molar-refractivity contribution in [1.82, 2.24) is 4.90 Å². The third-order valence-corrected chi connectivity index (χ3v) is 5.81. The molecule has 2 unspecified atom stereocenters. The van der Waals surface area contributed by atoms with E-state index < -0.39 is 0 Å². The van der Waals surface area contributed by atoms with Gasteiger partial charge in [0.05, 0.1) is 0 Å². The fourth-order valence-electron chi connectivity index (χ4n) is 3.94. The van der Waals surface area contributed by atoms with Crippen LogP contribution in [0.1, 0.15) is 120 Å². The first kappa shape index (κ1) is 24.0. The average Bonchev–Trinajstić information content (AvgIpc) is 2.63. The molecule has 2 heteroatoms. The topological polar surface area (TPSA) is 23.5 Å². The maximum absolute atomic E-state index is 10.9. The van der Waals surface area contributed by atoms with Gasteiger partial charge in [0, 0.05) is 12.1 Å². The van der Waals surface area contributed by atoms with Crippen LogP contribution in [-0.2, 0) is 6.54 Å². The average molecular weight is 376 g/mol. The first-order chi connectivity index (χ1) is 12.9. The number of hydrogen-bond acceptors (Lipinski definition) is 2. The maximum Gasteiger partial charge on any atom is 0.123 e. The van der Waals surface area contributed by atoms with E-state index in [2.05, 4.69) is 58.8 Å². The van der Waals surface area contributed by atoms with E-state index in [9.17, 15) is 5.11 Å². The monoisotopic (exact) mass is 375 g/mol. The van der Waals surface area contributed by atoms with Gasteiger partial charge in [-0.2, -0.15) is 0 Å². The number of aromatic hydroxyl groups is 1. The molecule has 1 N–H and O–H groups in total. The molecule has 0 spiro atoms. The van der Waals surface area contributed by atoms with Gasteiger partial charge in [-0.3, -0.25) is 0 Å². The van der Waals surface area contributed by atoms with E-state index in [4.69, 9.17) is 0 Å². The Morgan fingerprint density at radius 1 is 0.815 bits per heavy atom. The third-order valence-electron chi connectivity index (χ3n) is 5.81. The van der Waals surface area contributed by atoms with Crippen molar-refractivity contribution >= 4 is 0 Å². The van der Waals surface area contributed by atoms with Gasteiger partial charge in [0.2, 0.25) is 0 Å². The van der Waals surface area contributed by atoms with Gasteiger partial charge in [0.25, 0.3) is 0 Å². The standard InChI is InChI=1S/C25H45NO/c1-7-9-11-13-15-20(3)22-17-23(19-26(5)6)25(27)24(18-22)21(4)16-14-12-10-8-2/h17-18,20-21,27H,7-16,19H2,1-6H3. The number of hydrogen-bond donors (Lipinski definition) is 1. The zero-order valence-electron chi connectivity index (χ0n) is 19.0. The van der Waals surface area contributed by atoms with Gasteiger partial charge in [-0.05, 0) is 49.9 Å². The summed E-state index contributed by atoms with van der Waals surface area (Å²) in [5.41, 5.74) is 3.67. The number of unbranched alkanes of at least 4 members (excludes halogenated alkanes) is 6. The first-order valence-corrected chi connectivity index (χ1v) is 11.4. The third kappa shape index (κ3) is 8.68. The number of rotatable bonds is 14. The zero-order chi connectivity index (χ0) is 20.2. The second kappa shape index (κ2) is 13.2. The minimum absolute atomic E-state index is 0.426. The van der Waals surface area contributed by atoms with Crippen LogP contribution in [0.4, 0.5) is 0 Å². The molecule has 0 heterocycles. The fraction of sp³-hybridized carbons (Fsp3) is 0.760. The molecular formula is C25H45NO. The Morgan fingerprint density at radius 3 is 1.89 bits per heavy atom. The SMILES string of the molecule is CCCCCCC(C)c1cc(CN(C)C)c(O)c(C(C)CCCCCC)c1. The Balaban J connectivity index is 2.95. The van der Waals surface area contributed by atoms with Gasteiger partial charge >= 0.3 is 0 Å². The van der Waals surface area contributed by atoms with Crippen LogP contribution in [0.2, 0.25) is 0 Å². The molecule has 0 saturated heterocycles. The lowest BCUT2D eigenvalue weighted by molar-refractivity contribution is 0.382. The summed E-state index contributed by atoms with van der Waals surface area (Å²) in [6.45, 7) is 9.97. The highest BCUT2D eigenvalue weighted by Gasteiger charge is 2.18. The Bertz CT molecular complexity index is 523. The molecule has 1 aromatic carbocycles. The van der Waals surface area contributed by atoms with Crippen molar-refractivity contribution in [3.05, 3.63) is 28.8 Å². The van der Waals surface area contributed by atoms with E-state index in [-0.39, 0.29) is 0 Å². The van der Waals surface area contributed by atoms with Gasteiger partial charge in [0.1, 0.15) is 5.75 Å². The predicted octanol–water partition coefficient (Wildman–Crippen LogP) is 7.60. The summed E-state index contributed by atoms with van der Waals surface area (Å²) in [4.78, 5) is 2.15. The number of phenolic OH excluding ortho intramolecular Hbond substituents is 1. The van der Waals surface area contributed by atoms with Crippen LogP contribution in [-0.4, -0.2) is 24.1 Å². The number of benzene rings is 1. The van der Waals surface area contributed by atoms with Gasteiger partial charge in [-0.15, -0.1) is 0 Å². The summed E-state index contributed by atoms with van der Waals surface area (Å²) in [7, 11) is 4.16. The van der Waals surface area contributed by atoms with E-state index in [1.807, 2.05) is 0 Å². The van der Waals surface area contributed by atoms with Crippen molar-refractivity contribution in [2.75, 3.05) is 14.1 Å². The van der Waals surface area contributed by atoms with Crippen molar-refractivity contribution < 1.29 is 5.11 Å². The first-order valence-electron chi connectivity index (χ1n) is 11.4. The highest BCUT2D eigenvalue weighted by Crippen LogP contribution is 2.37. The molecule has 1 rings (SSSR count). The van der Waals surface area contributed by atoms with Crippen molar-refractivity contribution in [1.29, 1.82) is 0 Å². The minimum atomic E-state index is 0.426. The summed E-state index contributed by atoms with van der Waals surface area (Å²) in [6, 6.07) is 4.57. The Labute approximate surface area is 169 Å². The highest BCUT2D eigenvalue weighted by molar-refractivity contribution is 5.46. The second-order valence-electron chi connectivity index (χ2n) is 8.86. The quantitative estimate of drug-likeness (QED) is 0.338. The Hall–Kier alpha value is -1.02. The molecule has 2 nitrogen and oxygen atoms in total. The van der Waals surface area contributed by atoms with E-state index in [0.717, 1.165) is 12.1 Å². The lowest BCUT2D eigenvalue weighted by atomic mass is 9.86. The van der Waals surface area contributed by atoms with Crippen molar-refractivity contribution in [3.8, 4) is 5.75 Å². The van der Waals surface area contributed by atoms with Gasteiger partial charge in [-0.25, -0.2) is 0 Å². The minimum Gasteiger partial charge on any atom is -0.507 e. The van der Waals surface area contributed by atoms with Crippen molar-refractivity contribution in [2.24, 2.45) is 0 Å². The molecule has 0 bridgehead atoms. The van der Waals surface area contributed by atoms with Crippen LogP contribution in [0, 0.1) is 0 Å². The molecule has 0 aliphatic heterocycles. The van der Waals surface area contributed by atoms with Crippen molar-refractivity contribution in [3.63, 3.8) is 0 Å². The van der Waals surface area contributed by atoms with Crippen LogP contribution >= 0.6 is 0 Å². The lowest BCUT2D eigenvalue weighted by Crippen LogP contribution is -2.12. The van der Waals surface area contributed by atoms with Crippen LogP contribution in [0.25, 0.3) is 0 Å². The van der Waals surface area contributed by atoms with E-state index in [1.165, 1.54) is 75.3 Å². The smallest absolute Gasteiger partial charge is 0.123 e. The molecule has 0 aliphatic carbocycles. The molecule has 156 valence electrons. The second-order valence-corrected chi connectivity index (χ2v) is 8.86. The Kier molecular flexibility index (Phi) is 11.7. The van der Waals surface area contributed by atoms with Gasteiger partial charge in [-0.1, -0.05) is 91.2 Å². The highest BCUT2D eigenvalue weighted by atomic mass is 16.3. The molecule has 0 saturated carbocycles. The van der Waals surface area contributed by atoms with Crippen LogP contribution < -0.4 is 0 Å². The van der Waals surface area contributed by atoms with E-state index in [0.29, 0.717) is 17.6 Å². The van der Waals surface area contributed by atoms with Gasteiger partial charge in [0.15, 0.2) is 0 Å². The fourth-order valence-corrected chi connectivity index (χ4v) is 3.94. The Morgan fingerprint density at radius 2 is 1.37 bits per heavy atom. The largest absolute Gasteiger partial charge is 0.507 e. The zero-order valence-corrected chi connectivity index (χ0v) is 19.0. The van der Waals surface area contributed by atoms with E-state index >= 15 is 0 Å². The number of phenols is 1. The molecular weight excluding hydrogens is 330 g/mol. The lowest BCUT2D eigenvalue weighted by Gasteiger charge is -2.22. The molecule has 0 radical (unpaired) electrons. The predicted molar refractivity (Wildman–Crippen MR) is 120 cm³/mol. The van der Waals surface area contributed by atoms with E-state index in [1.54, 1.807) is 0 Å². The molecule has 2 atom stereocenters. The molecule has 0 aliphatic rings. The summed E-state index contributed by atoms with van der Waals surface area (Å²) >= 11 is 0. The molecule has 0 fully saturated rings. The van der Waals surface area contributed by atoms with Crippen LogP contribution in [0.3, 0.4) is 0 Å².